The summed E-state index contributed by atoms with van der Waals surface area (Å²) < 4.78 is 4.91. The Bertz CT molecular complexity index is 594. The van der Waals surface area contributed by atoms with Crippen LogP contribution in [0.3, 0.4) is 0 Å². The number of nitrogens with two attached hydrogens (primary N) is 1. The Kier molecular flexibility index (Phi) is 4.11. The number of thiocarbonyl (C=S) groups is 1. The highest BCUT2D eigenvalue weighted by atomic mass is 32.1. The van der Waals surface area contributed by atoms with Gasteiger partial charge in [0.25, 0.3) is 0 Å². The topological polar surface area (TPSA) is 77.0 Å². The van der Waals surface area contributed by atoms with Gasteiger partial charge in [0.1, 0.15) is 4.99 Å². The molecule has 0 radical (unpaired) electrons. The van der Waals surface area contributed by atoms with Crippen LogP contribution in [0.2, 0.25) is 0 Å². The van der Waals surface area contributed by atoms with E-state index >= 15 is 0 Å². The highest BCUT2D eigenvalue weighted by Crippen LogP contribution is 2.15. The molecule has 19 heavy (non-hydrogen) atoms. The lowest BCUT2D eigenvalue weighted by Gasteiger charge is -2.09. The summed E-state index contributed by atoms with van der Waals surface area (Å²) in [5.41, 5.74) is 8.63. The van der Waals surface area contributed by atoms with Crippen molar-refractivity contribution in [3.05, 3.63) is 41.0 Å². The fraction of sp³-hybridized carbons (Fsp3) is 0.308. The Morgan fingerprint density at radius 2 is 2.21 bits per heavy atom. The van der Waals surface area contributed by atoms with Crippen LogP contribution in [-0.2, 0) is 6.42 Å². The average Bonchev–Trinajstić information content (AvgIpc) is 2.75. The normalized spacial score (nSPS) is 10.4. The van der Waals surface area contributed by atoms with E-state index in [9.17, 15) is 0 Å². The van der Waals surface area contributed by atoms with E-state index in [0.717, 1.165) is 23.4 Å². The monoisotopic (exact) mass is 276 g/mol. The zero-order valence-electron chi connectivity index (χ0n) is 10.9. The van der Waals surface area contributed by atoms with Gasteiger partial charge in [0.05, 0.1) is 0 Å². The number of hydrogen-bond acceptors (Lipinski definition) is 5. The molecule has 0 unspecified atom stereocenters. The molecule has 1 aromatic heterocycles. The van der Waals surface area contributed by atoms with Crippen LogP contribution in [0.5, 0.6) is 0 Å². The third kappa shape index (κ3) is 3.51. The maximum atomic E-state index is 5.63. The van der Waals surface area contributed by atoms with Crippen LogP contribution in [0.15, 0.2) is 22.7 Å². The summed E-state index contributed by atoms with van der Waals surface area (Å²) in [6.07, 6.45) is 0.716. The van der Waals surface area contributed by atoms with Crippen molar-refractivity contribution < 1.29 is 4.52 Å². The third-order valence-electron chi connectivity index (χ3n) is 2.74. The van der Waals surface area contributed by atoms with Gasteiger partial charge in [-0.3, -0.25) is 0 Å². The fourth-order valence-corrected chi connectivity index (χ4v) is 2.04. The van der Waals surface area contributed by atoms with E-state index in [4.69, 9.17) is 22.5 Å². The molecule has 0 bridgehead atoms. The van der Waals surface area contributed by atoms with Gasteiger partial charge in [0, 0.05) is 31.1 Å². The minimum Gasteiger partial charge on any atom is -0.389 e. The first kappa shape index (κ1) is 13.5. The Morgan fingerprint density at radius 3 is 2.79 bits per heavy atom. The summed E-state index contributed by atoms with van der Waals surface area (Å²) in [6.45, 7) is 4.51. The minimum absolute atomic E-state index is 0.423. The van der Waals surface area contributed by atoms with E-state index < -0.39 is 0 Å². The summed E-state index contributed by atoms with van der Waals surface area (Å²) >= 11 is 4.98. The van der Waals surface area contributed by atoms with Crippen molar-refractivity contribution in [2.24, 2.45) is 5.73 Å². The molecule has 1 heterocycles. The van der Waals surface area contributed by atoms with Crippen molar-refractivity contribution in [1.29, 1.82) is 0 Å². The van der Waals surface area contributed by atoms with Gasteiger partial charge in [-0.1, -0.05) is 17.4 Å². The first-order chi connectivity index (χ1) is 9.06. The summed E-state index contributed by atoms with van der Waals surface area (Å²) in [5, 5.41) is 7.15. The average molecular weight is 276 g/mol. The second-order valence-electron chi connectivity index (χ2n) is 4.30. The molecule has 0 saturated carbocycles. The Hall–Kier alpha value is -1.95. The SMILES string of the molecule is Cc1nc(CCNc2ccc(C(N)=S)c(C)c2)no1. The number of nitrogens with zero attached hydrogens (tertiary/aromatic N) is 2. The Morgan fingerprint density at radius 1 is 1.42 bits per heavy atom. The van der Waals surface area contributed by atoms with Crippen molar-refractivity contribution in [3.8, 4) is 0 Å². The smallest absolute Gasteiger partial charge is 0.223 e. The van der Waals surface area contributed by atoms with Gasteiger partial charge in [-0.15, -0.1) is 0 Å². The molecule has 0 atom stereocenters. The predicted molar refractivity (Wildman–Crippen MR) is 78.3 cm³/mol. The standard InChI is InChI=1S/C13H16N4OS/c1-8-7-10(3-4-11(8)13(14)19)15-6-5-12-16-9(2)18-17-12/h3-4,7,15H,5-6H2,1-2H3,(H2,14,19). The largest absolute Gasteiger partial charge is 0.389 e. The van der Waals surface area contributed by atoms with E-state index in [1.54, 1.807) is 6.92 Å². The van der Waals surface area contributed by atoms with E-state index in [1.165, 1.54) is 0 Å². The zero-order chi connectivity index (χ0) is 13.8. The van der Waals surface area contributed by atoms with Crippen LogP contribution in [0, 0.1) is 13.8 Å². The second-order valence-corrected chi connectivity index (χ2v) is 4.74. The Balaban J connectivity index is 1.93. The highest BCUT2D eigenvalue weighted by molar-refractivity contribution is 7.80. The molecule has 0 aliphatic heterocycles. The van der Waals surface area contributed by atoms with Crippen LogP contribution < -0.4 is 11.1 Å². The molecular formula is C13H16N4OS. The zero-order valence-corrected chi connectivity index (χ0v) is 11.8. The molecule has 3 N–H and O–H groups in total. The van der Waals surface area contributed by atoms with Gasteiger partial charge >= 0.3 is 0 Å². The van der Waals surface area contributed by atoms with Gasteiger partial charge in [0.2, 0.25) is 5.89 Å². The van der Waals surface area contributed by atoms with Gasteiger partial charge in [-0.05, 0) is 30.7 Å². The third-order valence-corrected chi connectivity index (χ3v) is 2.96. The number of nitrogens with one attached hydrogen (secondary N) is 1. The number of hydrogen-bond donors (Lipinski definition) is 2. The number of aromatic nitrogens is 2. The lowest BCUT2D eigenvalue weighted by atomic mass is 10.1. The van der Waals surface area contributed by atoms with Crippen LogP contribution >= 0.6 is 12.2 Å². The number of benzene rings is 1. The second kappa shape index (κ2) is 5.79. The summed E-state index contributed by atoms with van der Waals surface area (Å²) in [6, 6.07) is 5.91. The molecule has 6 heteroatoms. The van der Waals surface area contributed by atoms with Crippen molar-refractivity contribution in [2.75, 3.05) is 11.9 Å². The van der Waals surface area contributed by atoms with E-state index in [-0.39, 0.29) is 0 Å². The lowest BCUT2D eigenvalue weighted by Crippen LogP contribution is -2.12. The van der Waals surface area contributed by atoms with Crippen LogP contribution in [0.4, 0.5) is 5.69 Å². The number of aryl methyl sites for hydroxylation is 2. The maximum Gasteiger partial charge on any atom is 0.223 e. The molecule has 0 aliphatic rings. The number of rotatable bonds is 5. The molecule has 1 aromatic carbocycles. The molecular weight excluding hydrogens is 260 g/mol. The van der Waals surface area contributed by atoms with E-state index in [0.29, 0.717) is 23.1 Å². The van der Waals surface area contributed by atoms with Crippen LogP contribution in [0.25, 0.3) is 0 Å². The molecule has 2 rings (SSSR count). The minimum atomic E-state index is 0.423. The summed E-state index contributed by atoms with van der Waals surface area (Å²) in [7, 11) is 0. The number of anilines is 1. The first-order valence-corrected chi connectivity index (χ1v) is 6.40. The molecule has 100 valence electrons. The molecule has 0 aliphatic carbocycles. The molecule has 5 nitrogen and oxygen atoms in total. The van der Waals surface area contributed by atoms with Gasteiger partial charge in [-0.25, -0.2) is 0 Å². The molecule has 0 saturated heterocycles. The quantitative estimate of drug-likeness (QED) is 0.813. The van der Waals surface area contributed by atoms with Crippen LogP contribution in [-0.4, -0.2) is 21.7 Å². The molecule has 0 amide bonds. The molecule has 0 spiro atoms. The summed E-state index contributed by atoms with van der Waals surface area (Å²) in [5.74, 6) is 1.30. The first-order valence-electron chi connectivity index (χ1n) is 6.00. The van der Waals surface area contributed by atoms with Crippen molar-refractivity contribution >= 4 is 22.9 Å². The Labute approximate surface area is 117 Å². The van der Waals surface area contributed by atoms with Gasteiger partial charge in [-0.2, -0.15) is 4.98 Å². The van der Waals surface area contributed by atoms with Crippen molar-refractivity contribution in [1.82, 2.24) is 10.1 Å². The van der Waals surface area contributed by atoms with E-state index in [1.807, 2.05) is 25.1 Å². The highest BCUT2D eigenvalue weighted by Gasteiger charge is 2.04. The maximum absolute atomic E-state index is 5.63. The fourth-order valence-electron chi connectivity index (χ4n) is 1.81. The van der Waals surface area contributed by atoms with E-state index in [2.05, 4.69) is 15.5 Å². The van der Waals surface area contributed by atoms with Crippen molar-refractivity contribution in [3.63, 3.8) is 0 Å². The molecule has 0 fully saturated rings. The predicted octanol–water partition coefficient (Wildman–Crippen LogP) is 1.98. The van der Waals surface area contributed by atoms with Gasteiger partial charge < -0.3 is 15.6 Å². The van der Waals surface area contributed by atoms with Crippen LogP contribution in [0.1, 0.15) is 22.8 Å². The molecule has 2 aromatic rings. The summed E-state index contributed by atoms with van der Waals surface area (Å²) in [4.78, 5) is 4.57. The van der Waals surface area contributed by atoms with Crippen molar-refractivity contribution in [2.45, 2.75) is 20.3 Å². The lowest BCUT2D eigenvalue weighted by molar-refractivity contribution is 0.387. The van der Waals surface area contributed by atoms with Gasteiger partial charge in [0.15, 0.2) is 5.82 Å².